The van der Waals surface area contributed by atoms with E-state index in [0.717, 1.165) is 11.3 Å². The summed E-state index contributed by atoms with van der Waals surface area (Å²) in [4.78, 5) is 24.3. The highest BCUT2D eigenvalue weighted by Crippen LogP contribution is 2.22. The van der Waals surface area contributed by atoms with Gasteiger partial charge in [-0.05, 0) is 44.0 Å². The highest BCUT2D eigenvalue weighted by Gasteiger charge is 2.16. The third-order valence-corrected chi connectivity index (χ3v) is 4.93. The van der Waals surface area contributed by atoms with Crippen LogP contribution in [0.15, 0.2) is 48.5 Å². The standard InChI is InChI=1S/C20H23NO3S/c1-4-24-20(23)17-11-10-14(2)18(12-17)21-19(22)15(3)25-13-16-8-6-5-7-9-16/h5-12,15H,4,13H2,1-3H3,(H,21,22)/t15-/m0/s1. The van der Waals surface area contributed by atoms with Gasteiger partial charge in [0.2, 0.25) is 5.91 Å². The number of hydrogen-bond acceptors (Lipinski definition) is 4. The Bertz CT molecular complexity index is 731. The molecule has 5 heteroatoms. The SMILES string of the molecule is CCOC(=O)c1ccc(C)c(NC(=O)[C@H](C)SCc2ccccc2)c1. The Morgan fingerprint density at radius 3 is 2.56 bits per heavy atom. The van der Waals surface area contributed by atoms with Gasteiger partial charge in [0.15, 0.2) is 0 Å². The van der Waals surface area contributed by atoms with Crippen molar-refractivity contribution >= 4 is 29.3 Å². The molecule has 2 rings (SSSR count). The molecule has 2 aromatic rings. The average molecular weight is 357 g/mol. The van der Waals surface area contributed by atoms with Gasteiger partial charge < -0.3 is 10.1 Å². The monoisotopic (exact) mass is 357 g/mol. The first-order valence-corrected chi connectivity index (χ1v) is 9.30. The number of carbonyl (C=O) groups excluding carboxylic acids is 2. The molecule has 0 aliphatic heterocycles. The van der Waals surface area contributed by atoms with Crippen molar-refractivity contribution in [1.29, 1.82) is 0 Å². The van der Waals surface area contributed by atoms with E-state index < -0.39 is 0 Å². The first-order chi connectivity index (χ1) is 12.0. The van der Waals surface area contributed by atoms with Gasteiger partial charge in [0.05, 0.1) is 17.4 Å². The molecular formula is C20H23NO3S. The summed E-state index contributed by atoms with van der Waals surface area (Å²) in [6, 6.07) is 15.2. The maximum Gasteiger partial charge on any atom is 0.338 e. The smallest absolute Gasteiger partial charge is 0.338 e. The largest absolute Gasteiger partial charge is 0.462 e. The predicted octanol–water partition coefficient (Wildman–Crippen LogP) is 4.43. The van der Waals surface area contributed by atoms with Gasteiger partial charge in [-0.15, -0.1) is 11.8 Å². The van der Waals surface area contributed by atoms with E-state index in [9.17, 15) is 9.59 Å². The molecule has 1 N–H and O–H groups in total. The molecular weight excluding hydrogens is 334 g/mol. The Morgan fingerprint density at radius 1 is 1.16 bits per heavy atom. The van der Waals surface area contributed by atoms with Crippen LogP contribution in [-0.2, 0) is 15.3 Å². The van der Waals surface area contributed by atoms with Crippen molar-refractivity contribution in [3.05, 3.63) is 65.2 Å². The maximum absolute atomic E-state index is 12.4. The minimum Gasteiger partial charge on any atom is -0.462 e. The van der Waals surface area contributed by atoms with Crippen LogP contribution in [0.2, 0.25) is 0 Å². The van der Waals surface area contributed by atoms with Crippen molar-refractivity contribution in [3.8, 4) is 0 Å². The lowest BCUT2D eigenvalue weighted by Gasteiger charge is -2.14. The lowest BCUT2D eigenvalue weighted by atomic mass is 10.1. The lowest BCUT2D eigenvalue weighted by Crippen LogP contribution is -2.23. The van der Waals surface area contributed by atoms with Gasteiger partial charge in [-0.25, -0.2) is 4.79 Å². The van der Waals surface area contributed by atoms with Gasteiger partial charge >= 0.3 is 5.97 Å². The summed E-state index contributed by atoms with van der Waals surface area (Å²) in [7, 11) is 0. The minimum absolute atomic E-state index is 0.0787. The van der Waals surface area contributed by atoms with Gasteiger partial charge in [-0.1, -0.05) is 36.4 Å². The highest BCUT2D eigenvalue weighted by molar-refractivity contribution is 7.99. The Morgan fingerprint density at radius 2 is 1.88 bits per heavy atom. The molecule has 2 aromatic carbocycles. The summed E-state index contributed by atoms with van der Waals surface area (Å²) >= 11 is 1.58. The molecule has 0 saturated carbocycles. The number of thioether (sulfide) groups is 1. The number of anilines is 1. The molecule has 0 unspecified atom stereocenters. The van der Waals surface area contributed by atoms with Crippen LogP contribution < -0.4 is 5.32 Å². The zero-order chi connectivity index (χ0) is 18.2. The normalized spacial score (nSPS) is 11.6. The van der Waals surface area contributed by atoms with Crippen LogP contribution in [0.25, 0.3) is 0 Å². The zero-order valence-corrected chi connectivity index (χ0v) is 15.6. The summed E-state index contributed by atoms with van der Waals surface area (Å²) in [6.07, 6.45) is 0. The molecule has 25 heavy (non-hydrogen) atoms. The topological polar surface area (TPSA) is 55.4 Å². The Kier molecular flexibility index (Phi) is 7.07. The van der Waals surface area contributed by atoms with E-state index in [4.69, 9.17) is 4.74 Å². The van der Waals surface area contributed by atoms with Crippen LogP contribution in [0.5, 0.6) is 0 Å². The molecule has 1 atom stereocenters. The van der Waals surface area contributed by atoms with Crippen LogP contribution in [-0.4, -0.2) is 23.7 Å². The summed E-state index contributed by atoms with van der Waals surface area (Å²) in [5.74, 6) is 0.312. The molecule has 0 saturated heterocycles. The van der Waals surface area contributed by atoms with E-state index in [1.807, 2.05) is 50.2 Å². The van der Waals surface area contributed by atoms with E-state index in [1.165, 1.54) is 5.56 Å². The quantitative estimate of drug-likeness (QED) is 0.745. The fraction of sp³-hybridized carbons (Fsp3) is 0.300. The second-order valence-corrected chi connectivity index (χ2v) is 7.01. The van der Waals surface area contributed by atoms with Crippen molar-refractivity contribution in [2.75, 3.05) is 11.9 Å². The number of esters is 1. The van der Waals surface area contributed by atoms with Crippen molar-refractivity contribution in [2.45, 2.75) is 31.8 Å². The van der Waals surface area contributed by atoms with Gasteiger partial charge in [0, 0.05) is 11.4 Å². The van der Waals surface area contributed by atoms with Crippen LogP contribution in [0.3, 0.4) is 0 Å². The van der Waals surface area contributed by atoms with Crippen molar-refractivity contribution in [2.24, 2.45) is 0 Å². The summed E-state index contributed by atoms with van der Waals surface area (Å²) in [6.45, 7) is 5.86. The third-order valence-electron chi connectivity index (χ3n) is 3.72. The first-order valence-electron chi connectivity index (χ1n) is 8.25. The molecule has 0 heterocycles. The molecule has 0 radical (unpaired) electrons. The summed E-state index contributed by atoms with van der Waals surface area (Å²) in [5, 5.41) is 2.71. The number of benzene rings is 2. The fourth-order valence-electron chi connectivity index (χ4n) is 2.20. The Balaban J connectivity index is 1.99. The highest BCUT2D eigenvalue weighted by atomic mass is 32.2. The van der Waals surface area contributed by atoms with Crippen LogP contribution in [0.1, 0.15) is 35.3 Å². The number of amides is 1. The van der Waals surface area contributed by atoms with E-state index in [-0.39, 0.29) is 17.1 Å². The lowest BCUT2D eigenvalue weighted by molar-refractivity contribution is -0.115. The van der Waals surface area contributed by atoms with Gasteiger partial charge in [-0.2, -0.15) is 0 Å². The second kappa shape index (κ2) is 9.28. The molecule has 1 amide bonds. The molecule has 0 spiro atoms. The van der Waals surface area contributed by atoms with Crippen molar-refractivity contribution < 1.29 is 14.3 Å². The summed E-state index contributed by atoms with van der Waals surface area (Å²) < 4.78 is 5.01. The molecule has 0 fully saturated rings. The number of ether oxygens (including phenoxy) is 1. The van der Waals surface area contributed by atoms with Crippen LogP contribution in [0, 0.1) is 6.92 Å². The third kappa shape index (κ3) is 5.64. The number of rotatable bonds is 7. The van der Waals surface area contributed by atoms with E-state index in [2.05, 4.69) is 5.32 Å². The van der Waals surface area contributed by atoms with Gasteiger partial charge in [0.1, 0.15) is 0 Å². The fourth-order valence-corrected chi connectivity index (χ4v) is 3.05. The molecule has 132 valence electrons. The number of hydrogen-bond donors (Lipinski definition) is 1. The first kappa shape index (κ1) is 19.1. The molecule has 0 aliphatic rings. The van der Waals surface area contributed by atoms with E-state index in [0.29, 0.717) is 17.9 Å². The average Bonchev–Trinajstić information content (AvgIpc) is 2.62. The number of nitrogens with one attached hydrogen (secondary N) is 1. The van der Waals surface area contributed by atoms with Gasteiger partial charge in [-0.3, -0.25) is 4.79 Å². The van der Waals surface area contributed by atoms with E-state index in [1.54, 1.807) is 30.8 Å². The van der Waals surface area contributed by atoms with E-state index >= 15 is 0 Å². The maximum atomic E-state index is 12.4. The van der Waals surface area contributed by atoms with Gasteiger partial charge in [0.25, 0.3) is 0 Å². The predicted molar refractivity (Wildman–Crippen MR) is 103 cm³/mol. The number of carbonyl (C=O) groups is 2. The second-order valence-electron chi connectivity index (χ2n) is 5.68. The molecule has 0 bridgehead atoms. The van der Waals surface area contributed by atoms with Crippen molar-refractivity contribution in [1.82, 2.24) is 0 Å². The molecule has 4 nitrogen and oxygen atoms in total. The zero-order valence-electron chi connectivity index (χ0n) is 14.7. The minimum atomic E-state index is -0.385. The van der Waals surface area contributed by atoms with Crippen LogP contribution >= 0.6 is 11.8 Å². The van der Waals surface area contributed by atoms with Crippen LogP contribution in [0.4, 0.5) is 5.69 Å². The van der Waals surface area contributed by atoms with Crippen molar-refractivity contribution in [3.63, 3.8) is 0 Å². The Hall–Kier alpha value is -2.27. The number of aryl methyl sites for hydroxylation is 1. The summed E-state index contributed by atoms with van der Waals surface area (Å²) in [5.41, 5.74) is 3.17. The molecule has 0 aliphatic carbocycles. The molecule has 0 aromatic heterocycles. The Labute approximate surface area is 153 Å².